The molecule has 1 aromatic heterocycles. The van der Waals surface area contributed by atoms with Gasteiger partial charge in [-0.2, -0.15) is 0 Å². The van der Waals surface area contributed by atoms with Crippen LogP contribution in [-0.2, 0) is 14.1 Å². The number of ether oxygens (including phenoxy) is 1. The molecule has 8 nitrogen and oxygen atoms in total. The van der Waals surface area contributed by atoms with Gasteiger partial charge in [0.15, 0.2) is 0 Å². The van der Waals surface area contributed by atoms with Crippen LogP contribution in [0.4, 0.5) is 11.4 Å². The average molecular weight is 487 g/mol. The second-order valence-corrected chi connectivity index (χ2v) is 8.49. The molecular weight excluding hydrogens is 464 g/mol. The summed E-state index contributed by atoms with van der Waals surface area (Å²) in [6.45, 7) is 1.71. The minimum Gasteiger partial charge on any atom is -0.496 e. The highest BCUT2D eigenvalue weighted by atomic mass is 79.9. The van der Waals surface area contributed by atoms with Crippen LogP contribution >= 0.6 is 15.9 Å². The number of fused-ring (bicyclic) bond motifs is 1. The van der Waals surface area contributed by atoms with Gasteiger partial charge in [0.1, 0.15) is 5.75 Å². The van der Waals surface area contributed by atoms with E-state index >= 15 is 0 Å². The van der Waals surface area contributed by atoms with Crippen molar-refractivity contribution in [3.8, 4) is 5.75 Å². The minimum absolute atomic E-state index is 0.326. The number of benzene rings is 2. The second kappa shape index (κ2) is 8.22. The zero-order valence-corrected chi connectivity index (χ0v) is 19.2. The molecule has 2 heterocycles. The molecule has 4 rings (SSSR count). The summed E-state index contributed by atoms with van der Waals surface area (Å²) in [5.74, 6) is 0.131. The summed E-state index contributed by atoms with van der Waals surface area (Å²) in [6.07, 6.45) is 2.11. The monoisotopic (exact) mass is 486 g/mol. The van der Waals surface area contributed by atoms with E-state index < -0.39 is 11.1 Å². The first-order valence-corrected chi connectivity index (χ1v) is 10.7. The summed E-state index contributed by atoms with van der Waals surface area (Å²) in [5, 5.41) is 2.99. The topological polar surface area (TPSA) is 85.6 Å². The Morgan fingerprint density at radius 3 is 2.23 bits per heavy atom. The summed E-state index contributed by atoms with van der Waals surface area (Å²) in [7, 11) is 4.66. The Bertz CT molecular complexity index is 1310. The van der Waals surface area contributed by atoms with E-state index in [2.05, 4.69) is 26.1 Å². The zero-order valence-electron chi connectivity index (χ0n) is 17.6. The fourth-order valence-electron chi connectivity index (χ4n) is 3.98. The molecule has 0 radical (unpaired) electrons. The van der Waals surface area contributed by atoms with Crippen LogP contribution < -0.4 is 26.1 Å². The molecule has 0 unspecified atom stereocenters. The third kappa shape index (κ3) is 3.74. The zero-order chi connectivity index (χ0) is 22.3. The number of amides is 1. The van der Waals surface area contributed by atoms with Gasteiger partial charge < -0.3 is 24.1 Å². The smallest absolute Gasteiger partial charge is 0.316 e. The summed E-state index contributed by atoms with van der Waals surface area (Å²) < 4.78 is 8.79. The second-order valence-electron chi connectivity index (χ2n) is 7.58. The standard InChI is InChI=1S/C22H23BrN4O4/c1-25-17-11-15(24-20(28)14-10-13(23)6-7-19(14)31-3)16(27-8-4-5-9-27)12-18(17)26(2)22(30)21(25)29/h6-7,10-12H,4-5,8-9H2,1-3H3,(H,24,28). The van der Waals surface area contributed by atoms with Crippen molar-refractivity contribution in [1.82, 2.24) is 9.13 Å². The van der Waals surface area contributed by atoms with Gasteiger partial charge in [0.05, 0.1) is 35.1 Å². The lowest BCUT2D eigenvalue weighted by Crippen LogP contribution is -2.39. The van der Waals surface area contributed by atoms with Gasteiger partial charge in [-0.1, -0.05) is 15.9 Å². The van der Waals surface area contributed by atoms with Gasteiger partial charge in [-0.3, -0.25) is 14.4 Å². The molecule has 162 valence electrons. The van der Waals surface area contributed by atoms with Gasteiger partial charge in [-0.25, -0.2) is 0 Å². The van der Waals surface area contributed by atoms with Crippen molar-refractivity contribution in [3.05, 3.63) is 61.1 Å². The summed E-state index contributed by atoms with van der Waals surface area (Å²) >= 11 is 3.40. The molecule has 1 aliphatic heterocycles. The number of hydrogen-bond acceptors (Lipinski definition) is 5. The Morgan fingerprint density at radius 2 is 1.61 bits per heavy atom. The Labute approximate surface area is 187 Å². The number of halogens is 1. The number of carbonyl (C=O) groups is 1. The van der Waals surface area contributed by atoms with Gasteiger partial charge in [-0.05, 0) is 43.2 Å². The van der Waals surface area contributed by atoms with Crippen molar-refractivity contribution in [2.45, 2.75) is 12.8 Å². The maximum absolute atomic E-state index is 13.2. The SMILES string of the molecule is COc1ccc(Br)cc1C(=O)Nc1cc2c(cc1N1CCCC1)n(C)c(=O)c(=O)n2C. The highest BCUT2D eigenvalue weighted by Crippen LogP contribution is 2.34. The predicted molar refractivity (Wildman–Crippen MR) is 125 cm³/mol. The molecule has 0 spiro atoms. The van der Waals surface area contributed by atoms with Crippen molar-refractivity contribution >= 4 is 44.2 Å². The van der Waals surface area contributed by atoms with Crippen LogP contribution in [0.2, 0.25) is 0 Å². The third-order valence-corrected chi connectivity index (χ3v) is 6.20. The van der Waals surface area contributed by atoms with E-state index in [9.17, 15) is 14.4 Å². The molecule has 31 heavy (non-hydrogen) atoms. The number of nitrogens with one attached hydrogen (secondary N) is 1. The normalized spacial score (nSPS) is 13.6. The average Bonchev–Trinajstić information content (AvgIpc) is 3.30. The highest BCUT2D eigenvalue weighted by molar-refractivity contribution is 9.10. The third-order valence-electron chi connectivity index (χ3n) is 5.71. The van der Waals surface area contributed by atoms with Gasteiger partial charge in [0.25, 0.3) is 5.91 Å². The number of methoxy groups -OCH3 is 1. The van der Waals surface area contributed by atoms with E-state index in [1.165, 1.54) is 16.2 Å². The summed E-state index contributed by atoms with van der Waals surface area (Å²) in [6, 6.07) is 8.85. The molecule has 1 saturated heterocycles. The van der Waals surface area contributed by atoms with Crippen LogP contribution in [0, 0.1) is 0 Å². The quantitative estimate of drug-likeness (QED) is 0.573. The Kier molecular flexibility index (Phi) is 5.62. The van der Waals surface area contributed by atoms with Gasteiger partial charge in [-0.15, -0.1) is 0 Å². The fourth-order valence-corrected chi connectivity index (χ4v) is 4.34. The lowest BCUT2D eigenvalue weighted by molar-refractivity contribution is 0.102. The van der Waals surface area contributed by atoms with Gasteiger partial charge in [0, 0.05) is 31.7 Å². The molecular formula is C22H23BrN4O4. The molecule has 1 aliphatic rings. The fraction of sp³-hybridized carbons (Fsp3) is 0.318. The number of rotatable bonds is 4. The molecule has 2 aromatic carbocycles. The highest BCUT2D eigenvalue weighted by Gasteiger charge is 2.22. The van der Waals surface area contributed by atoms with E-state index in [-0.39, 0.29) is 5.91 Å². The van der Waals surface area contributed by atoms with Crippen LogP contribution in [0.15, 0.2) is 44.4 Å². The van der Waals surface area contributed by atoms with Crippen LogP contribution in [-0.4, -0.2) is 35.2 Å². The van der Waals surface area contributed by atoms with Crippen molar-refractivity contribution in [3.63, 3.8) is 0 Å². The van der Waals surface area contributed by atoms with E-state index in [1.807, 2.05) is 6.07 Å². The molecule has 3 aromatic rings. The predicted octanol–water partition coefficient (Wildman–Crippen LogP) is 2.86. The van der Waals surface area contributed by atoms with E-state index in [0.717, 1.165) is 36.1 Å². The van der Waals surface area contributed by atoms with Gasteiger partial charge in [0.2, 0.25) is 0 Å². The molecule has 1 fully saturated rings. The van der Waals surface area contributed by atoms with E-state index in [4.69, 9.17) is 4.74 Å². The summed E-state index contributed by atoms with van der Waals surface area (Å²) in [4.78, 5) is 40.0. The molecule has 1 amide bonds. The minimum atomic E-state index is -0.616. The maximum Gasteiger partial charge on any atom is 0.316 e. The van der Waals surface area contributed by atoms with E-state index in [1.54, 1.807) is 38.4 Å². The van der Waals surface area contributed by atoms with Crippen LogP contribution in [0.5, 0.6) is 5.75 Å². The van der Waals surface area contributed by atoms with Crippen molar-refractivity contribution in [2.75, 3.05) is 30.4 Å². The number of anilines is 2. The lowest BCUT2D eigenvalue weighted by atomic mass is 10.1. The molecule has 0 atom stereocenters. The molecule has 9 heteroatoms. The first-order valence-electron chi connectivity index (χ1n) is 9.95. The van der Waals surface area contributed by atoms with Gasteiger partial charge >= 0.3 is 11.1 Å². The Balaban J connectivity index is 1.89. The van der Waals surface area contributed by atoms with Crippen molar-refractivity contribution in [1.29, 1.82) is 0 Å². The Morgan fingerprint density at radius 1 is 1.00 bits per heavy atom. The van der Waals surface area contributed by atoms with Crippen molar-refractivity contribution < 1.29 is 9.53 Å². The largest absolute Gasteiger partial charge is 0.496 e. The Hall–Kier alpha value is -3.07. The first kappa shape index (κ1) is 21.2. The number of hydrogen-bond donors (Lipinski definition) is 1. The number of aryl methyl sites for hydroxylation is 2. The summed E-state index contributed by atoms with van der Waals surface area (Å²) in [5.41, 5.74) is 1.78. The van der Waals surface area contributed by atoms with Crippen LogP contribution in [0.3, 0.4) is 0 Å². The van der Waals surface area contributed by atoms with Crippen LogP contribution in [0.25, 0.3) is 11.0 Å². The molecule has 0 saturated carbocycles. The maximum atomic E-state index is 13.2. The number of nitrogens with zero attached hydrogens (tertiary/aromatic N) is 3. The van der Waals surface area contributed by atoms with Crippen molar-refractivity contribution in [2.24, 2.45) is 14.1 Å². The lowest BCUT2D eigenvalue weighted by Gasteiger charge is -2.23. The number of aromatic nitrogens is 2. The first-order chi connectivity index (χ1) is 14.8. The van der Waals surface area contributed by atoms with Crippen LogP contribution in [0.1, 0.15) is 23.2 Å². The number of carbonyl (C=O) groups excluding carboxylic acids is 1. The van der Waals surface area contributed by atoms with E-state index in [0.29, 0.717) is 28.0 Å². The molecule has 1 N–H and O–H groups in total. The molecule has 0 aliphatic carbocycles. The molecule has 0 bridgehead atoms.